The maximum atomic E-state index is 13.6. The van der Waals surface area contributed by atoms with E-state index in [1.807, 2.05) is 29.9 Å². The molecular weight excluding hydrogens is 241 g/mol. The van der Waals surface area contributed by atoms with Gasteiger partial charge < -0.3 is 5.32 Å². The maximum Gasteiger partial charge on any atom is 0.129 e. The highest BCUT2D eigenvalue weighted by Gasteiger charge is 2.09. The van der Waals surface area contributed by atoms with Gasteiger partial charge in [-0.15, -0.1) is 0 Å². The van der Waals surface area contributed by atoms with Crippen LogP contribution in [-0.2, 0) is 13.6 Å². The third-order valence-corrected chi connectivity index (χ3v) is 3.41. The summed E-state index contributed by atoms with van der Waals surface area (Å²) in [5.74, 6) is -0.108. The summed E-state index contributed by atoms with van der Waals surface area (Å²) in [6.45, 7) is 6.42. The van der Waals surface area contributed by atoms with Crippen LogP contribution in [0.5, 0.6) is 0 Å². The zero-order chi connectivity index (χ0) is 14.0. The molecule has 0 aliphatic heterocycles. The minimum Gasteiger partial charge on any atom is -0.305 e. The monoisotopic (exact) mass is 261 g/mol. The number of rotatable bonds is 4. The summed E-state index contributed by atoms with van der Waals surface area (Å²) in [5.41, 5.74) is 3.64. The van der Waals surface area contributed by atoms with Gasteiger partial charge in [-0.1, -0.05) is 12.1 Å². The summed E-state index contributed by atoms with van der Waals surface area (Å²) in [4.78, 5) is 0. The van der Waals surface area contributed by atoms with Crippen LogP contribution in [0.2, 0.25) is 0 Å². The highest BCUT2D eigenvalue weighted by atomic mass is 19.1. The molecule has 0 fully saturated rings. The normalized spacial score (nSPS) is 12.7. The lowest BCUT2D eigenvalue weighted by Gasteiger charge is -2.15. The Morgan fingerprint density at radius 2 is 1.95 bits per heavy atom. The van der Waals surface area contributed by atoms with Gasteiger partial charge in [0.1, 0.15) is 5.82 Å². The molecule has 2 aromatic rings. The van der Waals surface area contributed by atoms with Gasteiger partial charge >= 0.3 is 0 Å². The standard InChI is InChI=1S/C15H20FN3/c1-10-7-13(8-11(2)15(10)16)9-17-12(3)14-5-6-18-19(14)4/h5-8,12,17H,9H2,1-4H3. The van der Waals surface area contributed by atoms with Crippen LogP contribution in [-0.4, -0.2) is 9.78 Å². The van der Waals surface area contributed by atoms with E-state index in [0.29, 0.717) is 17.7 Å². The molecule has 19 heavy (non-hydrogen) atoms. The molecule has 0 saturated heterocycles. The van der Waals surface area contributed by atoms with Gasteiger partial charge in [0.25, 0.3) is 0 Å². The lowest BCUT2D eigenvalue weighted by atomic mass is 10.1. The van der Waals surface area contributed by atoms with Crippen molar-refractivity contribution in [2.45, 2.75) is 33.4 Å². The fourth-order valence-electron chi connectivity index (χ4n) is 2.32. The second kappa shape index (κ2) is 5.53. The molecule has 1 heterocycles. The molecular formula is C15H20FN3. The van der Waals surface area contributed by atoms with E-state index in [1.54, 1.807) is 20.0 Å². The van der Waals surface area contributed by atoms with E-state index in [2.05, 4.69) is 17.3 Å². The minimum absolute atomic E-state index is 0.108. The third kappa shape index (κ3) is 3.01. The molecule has 3 nitrogen and oxygen atoms in total. The summed E-state index contributed by atoms with van der Waals surface area (Å²) in [5, 5.41) is 7.59. The van der Waals surface area contributed by atoms with Crippen molar-refractivity contribution in [2.75, 3.05) is 0 Å². The first-order valence-electron chi connectivity index (χ1n) is 6.46. The summed E-state index contributed by atoms with van der Waals surface area (Å²) in [7, 11) is 1.93. The van der Waals surface area contributed by atoms with E-state index < -0.39 is 0 Å². The lowest BCUT2D eigenvalue weighted by Crippen LogP contribution is -2.20. The zero-order valence-electron chi connectivity index (χ0n) is 11.9. The summed E-state index contributed by atoms with van der Waals surface area (Å²) < 4.78 is 15.4. The van der Waals surface area contributed by atoms with Crippen LogP contribution in [0.3, 0.4) is 0 Å². The maximum absolute atomic E-state index is 13.6. The van der Waals surface area contributed by atoms with Gasteiger partial charge in [-0.2, -0.15) is 5.10 Å². The molecule has 0 amide bonds. The van der Waals surface area contributed by atoms with E-state index in [4.69, 9.17) is 0 Å². The molecule has 0 spiro atoms. The van der Waals surface area contributed by atoms with E-state index in [9.17, 15) is 4.39 Å². The van der Waals surface area contributed by atoms with Crippen LogP contribution in [0, 0.1) is 19.7 Å². The highest BCUT2D eigenvalue weighted by Crippen LogP contribution is 2.16. The van der Waals surface area contributed by atoms with Gasteiger partial charge in [-0.05, 0) is 43.5 Å². The number of hydrogen-bond donors (Lipinski definition) is 1. The van der Waals surface area contributed by atoms with Crippen LogP contribution in [0.25, 0.3) is 0 Å². The Labute approximate surface area is 113 Å². The first-order chi connectivity index (χ1) is 8.99. The fourth-order valence-corrected chi connectivity index (χ4v) is 2.32. The molecule has 1 aromatic carbocycles. The van der Waals surface area contributed by atoms with Crippen molar-refractivity contribution in [1.82, 2.24) is 15.1 Å². The van der Waals surface area contributed by atoms with Crippen molar-refractivity contribution in [3.63, 3.8) is 0 Å². The molecule has 0 saturated carbocycles. The van der Waals surface area contributed by atoms with Crippen molar-refractivity contribution in [3.8, 4) is 0 Å². The molecule has 0 bridgehead atoms. The SMILES string of the molecule is Cc1cc(CNC(C)c2ccnn2C)cc(C)c1F. The summed E-state index contributed by atoms with van der Waals surface area (Å²) in [6.07, 6.45) is 1.79. The Kier molecular flexibility index (Phi) is 4.00. The van der Waals surface area contributed by atoms with E-state index in [-0.39, 0.29) is 11.9 Å². The van der Waals surface area contributed by atoms with Crippen molar-refractivity contribution in [1.29, 1.82) is 0 Å². The number of aryl methyl sites for hydroxylation is 3. The molecule has 0 aliphatic rings. The largest absolute Gasteiger partial charge is 0.305 e. The Hall–Kier alpha value is -1.68. The Balaban J connectivity index is 2.05. The van der Waals surface area contributed by atoms with Gasteiger partial charge in [0, 0.05) is 25.8 Å². The molecule has 1 N–H and O–H groups in total. The molecule has 0 radical (unpaired) electrons. The van der Waals surface area contributed by atoms with Crippen LogP contribution in [0.1, 0.15) is 35.3 Å². The van der Waals surface area contributed by atoms with Gasteiger partial charge in [0.2, 0.25) is 0 Å². The Morgan fingerprint density at radius 1 is 1.32 bits per heavy atom. The smallest absolute Gasteiger partial charge is 0.129 e. The fraction of sp³-hybridized carbons (Fsp3) is 0.400. The number of nitrogens with zero attached hydrogens (tertiary/aromatic N) is 2. The predicted molar refractivity (Wildman–Crippen MR) is 74.3 cm³/mol. The topological polar surface area (TPSA) is 29.9 Å². The van der Waals surface area contributed by atoms with E-state index in [1.165, 1.54) is 0 Å². The van der Waals surface area contributed by atoms with E-state index in [0.717, 1.165) is 11.3 Å². The average molecular weight is 261 g/mol. The minimum atomic E-state index is -0.108. The second-order valence-electron chi connectivity index (χ2n) is 5.03. The number of benzene rings is 1. The van der Waals surface area contributed by atoms with Crippen molar-refractivity contribution < 1.29 is 4.39 Å². The van der Waals surface area contributed by atoms with Gasteiger partial charge in [0.05, 0.1) is 5.69 Å². The van der Waals surface area contributed by atoms with Gasteiger partial charge in [0.15, 0.2) is 0 Å². The molecule has 0 aliphatic carbocycles. The highest BCUT2D eigenvalue weighted by molar-refractivity contribution is 5.30. The predicted octanol–water partition coefficient (Wildman–Crippen LogP) is 3.03. The summed E-state index contributed by atoms with van der Waals surface area (Å²) >= 11 is 0. The van der Waals surface area contributed by atoms with Crippen molar-refractivity contribution in [3.05, 3.63) is 52.6 Å². The number of aromatic nitrogens is 2. The first kappa shape index (κ1) is 13.7. The lowest BCUT2D eigenvalue weighted by molar-refractivity contribution is 0.528. The van der Waals surface area contributed by atoms with Crippen LogP contribution >= 0.6 is 0 Å². The molecule has 102 valence electrons. The molecule has 4 heteroatoms. The second-order valence-corrected chi connectivity index (χ2v) is 5.03. The average Bonchev–Trinajstić information content (AvgIpc) is 2.79. The first-order valence-corrected chi connectivity index (χ1v) is 6.46. The van der Waals surface area contributed by atoms with Crippen LogP contribution in [0.15, 0.2) is 24.4 Å². The number of nitrogens with one attached hydrogen (secondary N) is 1. The van der Waals surface area contributed by atoms with E-state index >= 15 is 0 Å². The van der Waals surface area contributed by atoms with Crippen LogP contribution in [0.4, 0.5) is 4.39 Å². The Bertz CT molecular complexity index is 552. The molecule has 2 rings (SSSR count). The molecule has 1 atom stereocenters. The Morgan fingerprint density at radius 3 is 2.47 bits per heavy atom. The quantitative estimate of drug-likeness (QED) is 0.916. The van der Waals surface area contributed by atoms with Crippen LogP contribution < -0.4 is 5.32 Å². The summed E-state index contributed by atoms with van der Waals surface area (Å²) in [6, 6.07) is 5.99. The molecule has 1 aromatic heterocycles. The molecule has 1 unspecified atom stereocenters. The zero-order valence-corrected chi connectivity index (χ0v) is 11.9. The van der Waals surface area contributed by atoms with Crippen molar-refractivity contribution in [2.24, 2.45) is 7.05 Å². The van der Waals surface area contributed by atoms with Crippen molar-refractivity contribution >= 4 is 0 Å². The number of halogens is 1. The number of hydrogen-bond acceptors (Lipinski definition) is 2. The third-order valence-electron chi connectivity index (χ3n) is 3.41. The van der Waals surface area contributed by atoms with Gasteiger partial charge in [-0.25, -0.2) is 4.39 Å². The van der Waals surface area contributed by atoms with Gasteiger partial charge in [-0.3, -0.25) is 4.68 Å².